The van der Waals surface area contributed by atoms with E-state index >= 15 is 0 Å². The van der Waals surface area contributed by atoms with E-state index in [0.717, 1.165) is 0 Å². The van der Waals surface area contributed by atoms with Crippen molar-refractivity contribution in [2.24, 2.45) is 5.10 Å². The van der Waals surface area contributed by atoms with Crippen LogP contribution in [0, 0.1) is 5.82 Å². The average molecular weight is 259 g/mol. The SMILES string of the molecule is O=C(O)c1cccnc1N/N=C/c1ccc(F)cc1. The fraction of sp³-hybridized carbons (Fsp3) is 0. The van der Waals surface area contributed by atoms with E-state index < -0.39 is 5.97 Å². The van der Waals surface area contributed by atoms with Gasteiger partial charge in [0.1, 0.15) is 11.4 Å². The fourth-order valence-electron chi connectivity index (χ4n) is 1.38. The molecule has 0 unspecified atom stereocenters. The fourth-order valence-corrected chi connectivity index (χ4v) is 1.38. The molecule has 5 nitrogen and oxygen atoms in total. The minimum Gasteiger partial charge on any atom is -0.478 e. The number of hydrazone groups is 1. The molecule has 96 valence electrons. The van der Waals surface area contributed by atoms with E-state index in [4.69, 9.17) is 5.11 Å². The number of carboxylic acids is 1. The van der Waals surface area contributed by atoms with Gasteiger partial charge in [-0.15, -0.1) is 0 Å². The van der Waals surface area contributed by atoms with Crippen molar-refractivity contribution in [2.75, 3.05) is 5.43 Å². The van der Waals surface area contributed by atoms with Gasteiger partial charge in [0, 0.05) is 6.20 Å². The topological polar surface area (TPSA) is 74.6 Å². The van der Waals surface area contributed by atoms with Crippen LogP contribution in [0.25, 0.3) is 0 Å². The summed E-state index contributed by atoms with van der Waals surface area (Å²) in [5.74, 6) is -1.27. The largest absolute Gasteiger partial charge is 0.478 e. The number of nitrogens with one attached hydrogen (secondary N) is 1. The van der Waals surface area contributed by atoms with Gasteiger partial charge < -0.3 is 5.11 Å². The van der Waals surface area contributed by atoms with Crippen molar-refractivity contribution in [3.63, 3.8) is 0 Å². The molecule has 0 radical (unpaired) electrons. The van der Waals surface area contributed by atoms with E-state index in [2.05, 4.69) is 15.5 Å². The summed E-state index contributed by atoms with van der Waals surface area (Å²) in [7, 11) is 0. The Morgan fingerprint density at radius 3 is 2.74 bits per heavy atom. The number of nitrogens with zero attached hydrogens (tertiary/aromatic N) is 2. The van der Waals surface area contributed by atoms with Gasteiger partial charge in [-0.25, -0.2) is 14.2 Å². The molecule has 19 heavy (non-hydrogen) atoms. The summed E-state index contributed by atoms with van der Waals surface area (Å²) in [6.07, 6.45) is 2.90. The predicted octanol–water partition coefficient (Wildman–Crippen LogP) is 2.36. The molecule has 2 N–H and O–H groups in total. The highest BCUT2D eigenvalue weighted by molar-refractivity contribution is 5.93. The highest BCUT2D eigenvalue weighted by atomic mass is 19.1. The van der Waals surface area contributed by atoms with Gasteiger partial charge in [-0.3, -0.25) is 5.43 Å². The van der Waals surface area contributed by atoms with Crippen molar-refractivity contribution < 1.29 is 14.3 Å². The van der Waals surface area contributed by atoms with Gasteiger partial charge >= 0.3 is 5.97 Å². The number of anilines is 1. The Morgan fingerprint density at radius 1 is 1.32 bits per heavy atom. The summed E-state index contributed by atoms with van der Waals surface area (Å²) in [6.45, 7) is 0. The lowest BCUT2D eigenvalue weighted by molar-refractivity contribution is 0.0697. The maximum atomic E-state index is 12.7. The van der Waals surface area contributed by atoms with Gasteiger partial charge in [-0.2, -0.15) is 5.10 Å². The van der Waals surface area contributed by atoms with Gasteiger partial charge in [0.25, 0.3) is 0 Å². The van der Waals surface area contributed by atoms with Crippen LogP contribution in [0.1, 0.15) is 15.9 Å². The molecule has 1 aromatic carbocycles. The summed E-state index contributed by atoms with van der Waals surface area (Å²) in [4.78, 5) is 14.8. The van der Waals surface area contributed by atoms with Crippen LogP contribution in [0.3, 0.4) is 0 Å². The maximum absolute atomic E-state index is 12.7. The van der Waals surface area contributed by atoms with Gasteiger partial charge in [0.15, 0.2) is 5.82 Å². The summed E-state index contributed by atoms with van der Waals surface area (Å²) in [5, 5.41) is 12.8. The molecular weight excluding hydrogens is 249 g/mol. The summed E-state index contributed by atoms with van der Waals surface area (Å²) < 4.78 is 12.7. The molecule has 0 atom stereocenters. The summed E-state index contributed by atoms with van der Waals surface area (Å²) in [6, 6.07) is 8.67. The van der Waals surface area contributed by atoms with Gasteiger partial charge in [-0.05, 0) is 29.8 Å². The zero-order valence-corrected chi connectivity index (χ0v) is 9.75. The Kier molecular flexibility index (Phi) is 3.82. The van der Waals surface area contributed by atoms with Crippen LogP contribution in [-0.4, -0.2) is 22.3 Å². The first-order chi connectivity index (χ1) is 9.16. The van der Waals surface area contributed by atoms with Gasteiger partial charge in [0.05, 0.1) is 6.21 Å². The Balaban J connectivity index is 2.10. The minimum absolute atomic E-state index is 0.0266. The lowest BCUT2D eigenvalue weighted by Crippen LogP contribution is -2.04. The van der Waals surface area contributed by atoms with Crippen molar-refractivity contribution in [1.82, 2.24) is 4.98 Å². The zero-order chi connectivity index (χ0) is 13.7. The minimum atomic E-state index is -1.09. The third kappa shape index (κ3) is 3.35. The van der Waals surface area contributed by atoms with E-state index in [1.807, 2.05) is 0 Å². The number of hydrogen-bond donors (Lipinski definition) is 2. The van der Waals surface area contributed by atoms with Crippen LogP contribution in [0.4, 0.5) is 10.2 Å². The molecule has 0 saturated heterocycles. The van der Waals surface area contributed by atoms with Gasteiger partial charge in [-0.1, -0.05) is 12.1 Å². The van der Waals surface area contributed by atoms with E-state index in [1.165, 1.54) is 36.7 Å². The zero-order valence-electron chi connectivity index (χ0n) is 9.75. The molecule has 1 aromatic heterocycles. The number of hydrogen-bond acceptors (Lipinski definition) is 4. The molecule has 2 rings (SSSR count). The molecule has 0 aliphatic heterocycles. The Bertz CT molecular complexity index is 612. The monoisotopic (exact) mass is 259 g/mol. The molecule has 0 spiro atoms. The molecular formula is C13H10FN3O2. The number of rotatable bonds is 4. The lowest BCUT2D eigenvalue weighted by atomic mass is 10.2. The number of carbonyl (C=O) groups is 1. The second-order valence-corrected chi connectivity index (χ2v) is 3.63. The first kappa shape index (κ1) is 12.7. The number of aromatic nitrogens is 1. The van der Waals surface area contributed by atoms with E-state index in [0.29, 0.717) is 5.56 Å². The first-order valence-corrected chi connectivity index (χ1v) is 5.40. The standard InChI is InChI=1S/C13H10FN3O2/c14-10-5-3-9(4-6-10)8-16-17-12-11(13(18)19)2-1-7-15-12/h1-8H,(H,15,17)(H,18,19)/b16-8+. The van der Waals surface area contributed by atoms with Crippen LogP contribution in [0.15, 0.2) is 47.7 Å². The molecule has 0 fully saturated rings. The summed E-state index contributed by atoms with van der Waals surface area (Å²) >= 11 is 0. The number of benzene rings is 1. The van der Waals surface area contributed by atoms with Crippen LogP contribution < -0.4 is 5.43 Å². The van der Waals surface area contributed by atoms with Crippen molar-refractivity contribution in [2.45, 2.75) is 0 Å². The highest BCUT2D eigenvalue weighted by Crippen LogP contribution is 2.10. The highest BCUT2D eigenvalue weighted by Gasteiger charge is 2.08. The van der Waals surface area contributed by atoms with Crippen molar-refractivity contribution in [3.8, 4) is 0 Å². The van der Waals surface area contributed by atoms with E-state index in [9.17, 15) is 9.18 Å². The van der Waals surface area contributed by atoms with Crippen LogP contribution >= 0.6 is 0 Å². The van der Waals surface area contributed by atoms with E-state index in [-0.39, 0.29) is 17.2 Å². The first-order valence-electron chi connectivity index (χ1n) is 5.40. The molecule has 0 aliphatic rings. The van der Waals surface area contributed by atoms with Crippen LogP contribution in [-0.2, 0) is 0 Å². The van der Waals surface area contributed by atoms with E-state index in [1.54, 1.807) is 12.1 Å². The summed E-state index contributed by atoms with van der Waals surface area (Å²) in [5.41, 5.74) is 3.25. The maximum Gasteiger partial charge on any atom is 0.339 e. The molecule has 2 aromatic rings. The molecule has 0 bridgehead atoms. The third-order valence-electron chi connectivity index (χ3n) is 2.29. The molecule has 1 heterocycles. The Labute approximate surface area is 108 Å². The Morgan fingerprint density at radius 2 is 2.05 bits per heavy atom. The molecule has 6 heteroatoms. The molecule has 0 amide bonds. The second kappa shape index (κ2) is 5.72. The lowest BCUT2D eigenvalue weighted by Gasteiger charge is -2.02. The second-order valence-electron chi connectivity index (χ2n) is 3.63. The average Bonchev–Trinajstić information content (AvgIpc) is 2.41. The van der Waals surface area contributed by atoms with Crippen molar-refractivity contribution >= 4 is 18.0 Å². The van der Waals surface area contributed by atoms with Crippen LogP contribution in [0.2, 0.25) is 0 Å². The number of aromatic carboxylic acids is 1. The predicted molar refractivity (Wildman–Crippen MR) is 68.8 cm³/mol. The quantitative estimate of drug-likeness (QED) is 0.653. The Hall–Kier alpha value is -2.76. The normalized spacial score (nSPS) is 10.6. The number of pyridine rings is 1. The third-order valence-corrected chi connectivity index (χ3v) is 2.29. The molecule has 0 aliphatic carbocycles. The van der Waals surface area contributed by atoms with Crippen molar-refractivity contribution in [3.05, 3.63) is 59.5 Å². The number of carboxylic acid groups (broad SMARTS) is 1. The molecule has 0 saturated carbocycles. The van der Waals surface area contributed by atoms with Crippen LogP contribution in [0.5, 0.6) is 0 Å². The number of halogens is 1. The van der Waals surface area contributed by atoms with Gasteiger partial charge in [0.2, 0.25) is 0 Å². The van der Waals surface area contributed by atoms with Crippen molar-refractivity contribution in [1.29, 1.82) is 0 Å². The smallest absolute Gasteiger partial charge is 0.339 e.